The Bertz CT molecular complexity index is 527. The molecule has 19 heavy (non-hydrogen) atoms. The van der Waals surface area contributed by atoms with E-state index in [1.54, 1.807) is 0 Å². The van der Waals surface area contributed by atoms with E-state index in [1.807, 2.05) is 6.92 Å². The summed E-state index contributed by atoms with van der Waals surface area (Å²) < 4.78 is 39.7. The van der Waals surface area contributed by atoms with Crippen LogP contribution in [0.1, 0.15) is 39.0 Å². The molecule has 0 aliphatic heterocycles. The van der Waals surface area contributed by atoms with Gasteiger partial charge in [-0.2, -0.15) is 4.31 Å². The highest BCUT2D eigenvalue weighted by Crippen LogP contribution is 2.27. The predicted octanol–water partition coefficient (Wildman–Crippen LogP) is 2.56. The molecule has 0 N–H and O–H groups in total. The van der Waals surface area contributed by atoms with Crippen LogP contribution in [0.3, 0.4) is 0 Å². The van der Waals surface area contributed by atoms with Crippen LogP contribution in [0.5, 0.6) is 0 Å². The Hall–Kier alpha value is -1.01. The number of halogens is 1. The number of pyridine rings is 1. The quantitative estimate of drug-likeness (QED) is 0.854. The fraction of sp³-hybridized carbons (Fsp3) is 0.615. The number of hydrogen-bond acceptors (Lipinski definition) is 3. The molecule has 1 aromatic heterocycles. The SMILES string of the molecule is CCN(C1CCCCC1)S(=O)(=O)c1cc(F)ccn1. The molecule has 1 aromatic rings. The topological polar surface area (TPSA) is 50.3 Å². The van der Waals surface area contributed by atoms with Crippen LogP contribution in [0, 0.1) is 5.82 Å². The van der Waals surface area contributed by atoms with Crippen molar-refractivity contribution in [1.82, 2.24) is 9.29 Å². The van der Waals surface area contributed by atoms with Gasteiger partial charge in [-0.1, -0.05) is 26.2 Å². The highest BCUT2D eigenvalue weighted by molar-refractivity contribution is 7.89. The molecule has 0 radical (unpaired) electrons. The first kappa shape index (κ1) is 14.4. The highest BCUT2D eigenvalue weighted by Gasteiger charge is 2.32. The van der Waals surface area contributed by atoms with Crippen molar-refractivity contribution in [1.29, 1.82) is 0 Å². The molecule has 0 bridgehead atoms. The molecular weight excluding hydrogens is 267 g/mol. The van der Waals surface area contributed by atoms with E-state index < -0.39 is 15.8 Å². The molecule has 0 aromatic carbocycles. The summed E-state index contributed by atoms with van der Waals surface area (Å²) in [6.07, 6.45) is 6.20. The maximum Gasteiger partial charge on any atom is 0.260 e. The van der Waals surface area contributed by atoms with Crippen molar-refractivity contribution >= 4 is 10.0 Å². The number of aromatic nitrogens is 1. The molecule has 1 saturated carbocycles. The van der Waals surface area contributed by atoms with Gasteiger partial charge in [0.05, 0.1) is 0 Å². The third-order valence-corrected chi connectivity index (χ3v) is 5.49. The fourth-order valence-electron chi connectivity index (χ4n) is 2.64. The van der Waals surface area contributed by atoms with Gasteiger partial charge < -0.3 is 0 Å². The van der Waals surface area contributed by atoms with Gasteiger partial charge in [-0.3, -0.25) is 0 Å². The lowest BCUT2D eigenvalue weighted by atomic mass is 9.95. The third kappa shape index (κ3) is 3.12. The minimum Gasteiger partial charge on any atom is -0.243 e. The normalized spacial score (nSPS) is 17.8. The molecule has 6 heteroatoms. The van der Waals surface area contributed by atoms with Gasteiger partial charge >= 0.3 is 0 Å². The summed E-state index contributed by atoms with van der Waals surface area (Å²) in [5.74, 6) is -0.576. The Morgan fingerprint density at radius 1 is 1.37 bits per heavy atom. The molecule has 4 nitrogen and oxygen atoms in total. The van der Waals surface area contributed by atoms with Crippen molar-refractivity contribution in [3.63, 3.8) is 0 Å². The summed E-state index contributed by atoms with van der Waals surface area (Å²) in [6, 6.07) is 2.16. The van der Waals surface area contributed by atoms with E-state index in [2.05, 4.69) is 4.98 Å². The van der Waals surface area contributed by atoms with Crippen LogP contribution in [-0.2, 0) is 10.0 Å². The summed E-state index contributed by atoms with van der Waals surface area (Å²) in [4.78, 5) is 3.81. The average Bonchev–Trinajstić information content (AvgIpc) is 2.40. The zero-order valence-electron chi connectivity index (χ0n) is 11.0. The smallest absolute Gasteiger partial charge is 0.243 e. The summed E-state index contributed by atoms with van der Waals surface area (Å²) in [5, 5.41) is -0.195. The van der Waals surface area contributed by atoms with E-state index in [0.29, 0.717) is 6.54 Å². The lowest BCUT2D eigenvalue weighted by molar-refractivity contribution is 0.260. The van der Waals surface area contributed by atoms with Crippen LogP contribution in [0.15, 0.2) is 23.4 Å². The Kier molecular flexibility index (Phi) is 4.52. The Morgan fingerprint density at radius 2 is 2.05 bits per heavy atom. The van der Waals surface area contributed by atoms with E-state index >= 15 is 0 Å². The van der Waals surface area contributed by atoms with Crippen molar-refractivity contribution in [2.75, 3.05) is 6.54 Å². The van der Waals surface area contributed by atoms with Gasteiger partial charge in [0.25, 0.3) is 10.0 Å². The van der Waals surface area contributed by atoms with Crippen molar-refractivity contribution < 1.29 is 12.8 Å². The summed E-state index contributed by atoms with van der Waals surface area (Å²) in [7, 11) is -3.69. The molecule has 0 atom stereocenters. The molecule has 1 fully saturated rings. The predicted molar refractivity (Wildman–Crippen MR) is 70.6 cm³/mol. The van der Waals surface area contributed by atoms with E-state index in [0.717, 1.165) is 44.2 Å². The zero-order chi connectivity index (χ0) is 13.9. The molecular formula is C13H19FN2O2S. The first-order valence-electron chi connectivity index (χ1n) is 6.69. The second-order valence-corrected chi connectivity index (χ2v) is 6.65. The van der Waals surface area contributed by atoms with E-state index in [-0.39, 0.29) is 11.1 Å². The first-order valence-corrected chi connectivity index (χ1v) is 8.13. The summed E-state index contributed by atoms with van der Waals surface area (Å²) in [5.41, 5.74) is 0. The second kappa shape index (κ2) is 5.96. The highest BCUT2D eigenvalue weighted by atomic mass is 32.2. The monoisotopic (exact) mass is 286 g/mol. The average molecular weight is 286 g/mol. The fourth-order valence-corrected chi connectivity index (χ4v) is 4.28. The summed E-state index contributed by atoms with van der Waals surface area (Å²) in [6.45, 7) is 2.21. The van der Waals surface area contributed by atoms with Gasteiger partial charge in [0.1, 0.15) is 5.82 Å². The standard InChI is InChI=1S/C13H19FN2O2S/c1-2-16(12-6-4-3-5-7-12)19(17,18)13-10-11(14)8-9-15-13/h8-10,12H,2-7H2,1H3. The van der Waals surface area contributed by atoms with Gasteiger partial charge in [-0.05, 0) is 18.9 Å². The van der Waals surface area contributed by atoms with Crippen molar-refractivity contribution in [2.24, 2.45) is 0 Å². The maximum absolute atomic E-state index is 13.2. The molecule has 1 heterocycles. The van der Waals surface area contributed by atoms with Crippen LogP contribution in [0.2, 0.25) is 0 Å². The van der Waals surface area contributed by atoms with Crippen LogP contribution >= 0.6 is 0 Å². The number of nitrogens with zero attached hydrogens (tertiary/aromatic N) is 2. The molecule has 1 aliphatic carbocycles. The second-order valence-electron chi connectivity index (χ2n) is 4.81. The van der Waals surface area contributed by atoms with Gasteiger partial charge in [0.15, 0.2) is 5.03 Å². The molecule has 0 saturated heterocycles. The minimum atomic E-state index is -3.69. The summed E-state index contributed by atoms with van der Waals surface area (Å²) >= 11 is 0. The number of hydrogen-bond donors (Lipinski definition) is 0. The molecule has 0 spiro atoms. The minimum absolute atomic E-state index is 0.0221. The van der Waals surface area contributed by atoms with Gasteiger partial charge in [-0.25, -0.2) is 17.8 Å². The van der Waals surface area contributed by atoms with Crippen molar-refractivity contribution in [3.8, 4) is 0 Å². The Labute approximate surface area is 113 Å². The van der Waals surface area contributed by atoms with Crippen molar-refractivity contribution in [2.45, 2.75) is 50.1 Å². The number of rotatable bonds is 4. The molecule has 0 unspecified atom stereocenters. The maximum atomic E-state index is 13.2. The van der Waals surface area contributed by atoms with Crippen LogP contribution < -0.4 is 0 Å². The first-order chi connectivity index (χ1) is 9.05. The van der Waals surface area contributed by atoms with E-state index in [1.165, 1.54) is 10.5 Å². The van der Waals surface area contributed by atoms with Crippen LogP contribution in [0.4, 0.5) is 4.39 Å². The third-order valence-electron chi connectivity index (χ3n) is 3.56. The Balaban J connectivity index is 2.30. The molecule has 1 aliphatic rings. The largest absolute Gasteiger partial charge is 0.260 e. The van der Waals surface area contributed by atoms with Gasteiger partial charge in [0.2, 0.25) is 0 Å². The lowest BCUT2D eigenvalue weighted by Crippen LogP contribution is -2.41. The van der Waals surface area contributed by atoms with E-state index in [9.17, 15) is 12.8 Å². The van der Waals surface area contributed by atoms with Crippen molar-refractivity contribution in [3.05, 3.63) is 24.1 Å². The lowest BCUT2D eigenvalue weighted by Gasteiger charge is -2.32. The molecule has 106 valence electrons. The van der Waals surface area contributed by atoms with Gasteiger partial charge in [0, 0.05) is 24.8 Å². The Morgan fingerprint density at radius 3 is 2.63 bits per heavy atom. The van der Waals surface area contributed by atoms with Crippen LogP contribution in [-0.4, -0.2) is 30.3 Å². The molecule has 0 amide bonds. The number of sulfonamides is 1. The van der Waals surface area contributed by atoms with Gasteiger partial charge in [-0.15, -0.1) is 0 Å². The van der Waals surface area contributed by atoms with Crippen LogP contribution in [0.25, 0.3) is 0 Å². The molecule has 2 rings (SSSR count). The van der Waals surface area contributed by atoms with E-state index in [4.69, 9.17) is 0 Å². The zero-order valence-corrected chi connectivity index (χ0v) is 11.9.